The van der Waals surface area contributed by atoms with Crippen LogP contribution in [0.2, 0.25) is 0 Å². The van der Waals surface area contributed by atoms with Gasteiger partial charge in [-0.25, -0.2) is 0 Å². The molecule has 0 aliphatic carbocycles. The highest BCUT2D eigenvalue weighted by atomic mass is 127. The Bertz CT molecular complexity index is 439. The maximum Gasteiger partial charge on any atom is 0.255 e. The quantitative estimate of drug-likeness (QED) is 0.763. The Hall–Kier alpha value is -0.140. The summed E-state index contributed by atoms with van der Waals surface area (Å²) in [6.45, 7) is 0.787. The number of carbonyl (C=O) groups excluding carboxylic acids is 1. The van der Waals surface area contributed by atoms with Crippen LogP contribution in [0.3, 0.4) is 0 Å². The molecule has 1 aromatic rings. The van der Waals surface area contributed by atoms with Gasteiger partial charge < -0.3 is 10.0 Å². The van der Waals surface area contributed by atoms with Gasteiger partial charge >= 0.3 is 0 Å². The zero-order chi connectivity index (χ0) is 12.4. The monoisotopic (exact) mass is 409 g/mol. The molecule has 0 radical (unpaired) electrons. The van der Waals surface area contributed by atoms with E-state index in [-0.39, 0.29) is 18.6 Å². The SMILES string of the molecule is O=C(c1cc(I)ccc1Br)N1CCC[C@H]1CO. The van der Waals surface area contributed by atoms with Crippen LogP contribution in [0.25, 0.3) is 0 Å². The molecular formula is C12H13BrINO2. The molecule has 17 heavy (non-hydrogen) atoms. The Morgan fingerprint density at radius 3 is 3.06 bits per heavy atom. The van der Waals surface area contributed by atoms with E-state index < -0.39 is 0 Å². The summed E-state index contributed by atoms with van der Waals surface area (Å²) in [7, 11) is 0. The van der Waals surface area contributed by atoms with Crippen molar-refractivity contribution < 1.29 is 9.90 Å². The van der Waals surface area contributed by atoms with E-state index in [1.807, 2.05) is 18.2 Å². The summed E-state index contributed by atoms with van der Waals surface area (Å²) in [5.74, 6) is 0.00643. The number of amides is 1. The molecule has 3 nitrogen and oxygen atoms in total. The van der Waals surface area contributed by atoms with Crippen molar-refractivity contribution in [1.29, 1.82) is 0 Å². The molecule has 92 valence electrons. The number of aliphatic hydroxyl groups excluding tert-OH is 1. The summed E-state index contributed by atoms with van der Waals surface area (Å²) >= 11 is 5.60. The molecule has 0 aromatic heterocycles. The van der Waals surface area contributed by atoms with Crippen LogP contribution in [0.1, 0.15) is 23.2 Å². The van der Waals surface area contributed by atoms with Crippen molar-refractivity contribution in [2.24, 2.45) is 0 Å². The smallest absolute Gasteiger partial charge is 0.255 e. The molecule has 1 atom stereocenters. The third kappa shape index (κ3) is 2.82. The largest absolute Gasteiger partial charge is 0.394 e. The molecule has 1 N–H and O–H groups in total. The van der Waals surface area contributed by atoms with Crippen LogP contribution in [0.15, 0.2) is 22.7 Å². The third-order valence-corrected chi connectivity index (χ3v) is 4.37. The number of halogens is 2. The van der Waals surface area contributed by atoms with Crippen LogP contribution in [-0.2, 0) is 0 Å². The van der Waals surface area contributed by atoms with Crippen molar-refractivity contribution in [2.45, 2.75) is 18.9 Å². The van der Waals surface area contributed by atoms with Crippen molar-refractivity contribution in [3.05, 3.63) is 31.8 Å². The highest BCUT2D eigenvalue weighted by Gasteiger charge is 2.29. The number of hydrogen-bond donors (Lipinski definition) is 1. The Kier molecular flexibility index (Phi) is 4.43. The lowest BCUT2D eigenvalue weighted by Crippen LogP contribution is -2.37. The average molecular weight is 410 g/mol. The van der Waals surface area contributed by atoms with E-state index in [2.05, 4.69) is 38.5 Å². The number of aliphatic hydroxyl groups is 1. The van der Waals surface area contributed by atoms with Crippen molar-refractivity contribution in [1.82, 2.24) is 4.90 Å². The van der Waals surface area contributed by atoms with Crippen molar-refractivity contribution in [3.8, 4) is 0 Å². The molecule has 0 spiro atoms. The van der Waals surface area contributed by atoms with Crippen molar-refractivity contribution in [3.63, 3.8) is 0 Å². The first-order valence-electron chi connectivity index (χ1n) is 5.50. The predicted octanol–water partition coefficient (Wildman–Crippen LogP) is 2.65. The van der Waals surface area contributed by atoms with Gasteiger partial charge in [0.25, 0.3) is 5.91 Å². The minimum atomic E-state index is -0.0210. The zero-order valence-corrected chi connectivity index (χ0v) is 12.9. The maximum absolute atomic E-state index is 12.4. The summed E-state index contributed by atoms with van der Waals surface area (Å²) in [5.41, 5.74) is 0.678. The van der Waals surface area contributed by atoms with Crippen LogP contribution in [0.5, 0.6) is 0 Å². The van der Waals surface area contributed by atoms with Gasteiger partial charge in [0.1, 0.15) is 0 Å². The highest BCUT2D eigenvalue weighted by Crippen LogP contribution is 2.25. The number of carbonyl (C=O) groups is 1. The first-order chi connectivity index (χ1) is 8.13. The minimum Gasteiger partial charge on any atom is -0.394 e. The molecule has 5 heteroatoms. The second-order valence-corrected chi connectivity index (χ2v) is 6.20. The minimum absolute atomic E-state index is 0.00643. The molecule has 1 aromatic carbocycles. The third-order valence-electron chi connectivity index (χ3n) is 3.01. The van der Waals surface area contributed by atoms with Gasteiger partial charge in [-0.3, -0.25) is 4.79 Å². The summed E-state index contributed by atoms with van der Waals surface area (Å²) in [6, 6.07) is 5.69. The van der Waals surface area contributed by atoms with E-state index >= 15 is 0 Å². The normalized spacial score (nSPS) is 19.7. The molecule has 0 unspecified atom stereocenters. The average Bonchev–Trinajstić information content (AvgIpc) is 2.79. The van der Waals surface area contributed by atoms with Gasteiger partial charge in [-0.15, -0.1) is 0 Å². The molecule has 1 aliphatic rings. The number of benzene rings is 1. The summed E-state index contributed by atoms with van der Waals surface area (Å²) in [4.78, 5) is 14.1. The van der Waals surface area contributed by atoms with Crippen LogP contribution in [-0.4, -0.2) is 35.1 Å². The van der Waals surface area contributed by atoms with Crippen molar-refractivity contribution in [2.75, 3.05) is 13.2 Å². The van der Waals surface area contributed by atoms with Crippen LogP contribution in [0, 0.1) is 3.57 Å². The van der Waals surface area contributed by atoms with Gasteiger partial charge in [-0.1, -0.05) is 0 Å². The second-order valence-electron chi connectivity index (χ2n) is 4.10. The fourth-order valence-electron chi connectivity index (χ4n) is 2.11. The van der Waals surface area contributed by atoms with Crippen molar-refractivity contribution >= 4 is 44.4 Å². The molecule has 0 bridgehead atoms. The Morgan fingerprint density at radius 2 is 2.35 bits per heavy atom. The Labute approximate surface area is 122 Å². The Morgan fingerprint density at radius 1 is 1.59 bits per heavy atom. The lowest BCUT2D eigenvalue weighted by atomic mass is 10.2. The predicted molar refractivity (Wildman–Crippen MR) is 78.0 cm³/mol. The lowest BCUT2D eigenvalue weighted by Gasteiger charge is -2.23. The molecule has 1 heterocycles. The van der Waals surface area contributed by atoms with E-state index in [9.17, 15) is 9.90 Å². The van der Waals surface area contributed by atoms with E-state index in [1.165, 1.54) is 0 Å². The number of rotatable bonds is 2. The van der Waals surface area contributed by atoms with Gasteiger partial charge in [0.05, 0.1) is 18.2 Å². The van der Waals surface area contributed by atoms with Crippen LogP contribution >= 0.6 is 38.5 Å². The van der Waals surface area contributed by atoms with E-state index in [1.54, 1.807) is 4.90 Å². The number of hydrogen-bond acceptors (Lipinski definition) is 2. The fraction of sp³-hybridized carbons (Fsp3) is 0.417. The van der Waals surface area contributed by atoms with Gasteiger partial charge in [0.2, 0.25) is 0 Å². The molecule has 1 aliphatic heterocycles. The maximum atomic E-state index is 12.4. The van der Waals surface area contributed by atoms with Gasteiger partial charge in [-0.2, -0.15) is 0 Å². The van der Waals surface area contributed by atoms with Gasteiger partial charge in [-0.05, 0) is 69.6 Å². The summed E-state index contributed by atoms with van der Waals surface area (Å²) in [5, 5.41) is 9.25. The molecule has 2 rings (SSSR count). The number of nitrogens with zero attached hydrogens (tertiary/aromatic N) is 1. The standard InChI is InChI=1S/C12H13BrINO2/c13-11-4-3-8(14)6-10(11)12(17)15-5-1-2-9(15)7-16/h3-4,6,9,16H,1-2,5,7H2/t9-/m0/s1. The van der Waals surface area contributed by atoms with E-state index in [4.69, 9.17) is 0 Å². The molecule has 1 fully saturated rings. The first-order valence-corrected chi connectivity index (χ1v) is 7.37. The summed E-state index contributed by atoms with van der Waals surface area (Å²) in [6.07, 6.45) is 1.86. The van der Waals surface area contributed by atoms with Crippen LogP contribution < -0.4 is 0 Å². The topological polar surface area (TPSA) is 40.5 Å². The summed E-state index contributed by atoms with van der Waals surface area (Å²) < 4.78 is 1.85. The van der Waals surface area contributed by atoms with Gasteiger partial charge in [0.15, 0.2) is 0 Å². The van der Waals surface area contributed by atoms with E-state index in [0.717, 1.165) is 27.4 Å². The first kappa shape index (κ1) is 13.3. The molecular weight excluding hydrogens is 397 g/mol. The zero-order valence-electron chi connectivity index (χ0n) is 9.20. The molecule has 1 amide bonds. The molecule has 1 saturated heterocycles. The van der Waals surface area contributed by atoms with Gasteiger partial charge in [0, 0.05) is 14.6 Å². The second kappa shape index (κ2) is 5.67. The fourth-order valence-corrected chi connectivity index (χ4v) is 3.02. The highest BCUT2D eigenvalue weighted by molar-refractivity contribution is 14.1. The van der Waals surface area contributed by atoms with Crippen LogP contribution in [0.4, 0.5) is 0 Å². The lowest BCUT2D eigenvalue weighted by molar-refractivity contribution is 0.0676. The molecule has 0 saturated carbocycles. The number of likely N-dealkylation sites (tertiary alicyclic amines) is 1. The Balaban J connectivity index is 2.27. The van der Waals surface area contributed by atoms with E-state index in [0.29, 0.717) is 5.56 Å².